The van der Waals surface area contributed by atoms with E-state index in [4.69, 9.17) is 9.72 Å². The molecule has 128 valence electrons. The van der Waals surface area contributed by atoms with Gasteiger partial charge in [-0.2, -0.15) is 0 Å². The molecule has 5 heteroatoms. The van der Waals surface area contributed by atoms with Crippen LogP contribution in [0.15, 0.2) is 29.2 Å². The van der Waals surface area contributed by atoms with Crippen molar-refractivity contribution < 1.29 is 4.74 Å². The van der Waals surface area contributed by atoms with E-state index in [0.717, 1.165) is 44.2 Å². The van der Waals surface area contributed by atoms with Gasteiger partial charge in [-0.15, -0.1) is 11.8 Å². The Morgan fingerprint density at radius 1 is 1.17 bits per heavy atom. The first-order chi connectivity index (χ1) is 11.6. The molecular formula is C19H25N3OS. The highest BCUT2D eigenvalue weighted by Gasteiger charge is 2.32. The van der Waals surface area contributed by atoms with Crippen LogP contribution in [-0.2, 0) is 4.74 Å². The van der Waals surface area contributed by atoms with Crippen molar-refractivity contribution in [2.45, 2.75) is 17.9 Å². The maximum absolute atomic E-state index is 5.84. The average Bonchev–Trinajstić information content (AvgIpc) is 2.83. The molecule has 1 aromatic heterocycles. The van der Waals surface area contributed by atoms with E-state index in [2.05, 4.69) is 54.3 Å². The molecule has 2 atom stereocenters. The van der Waals surface area contributed by atoms with Crippen molar-refractivity contribution in [3.05, 3.63) is 29.8 Å². The molecule has 4 nitrogen and oxygen atoms in total. The number of thioether (sulfide) groups is 1. The molecule has 0 spiro atoms. The molecule has 3 heterocycles. The number of hydrogen-bond donors (Lipinski definition) is 0. The van der Waals surface area contributed by atoms with Gasteiger partial charge in [0, 0.05) is 35.8 Å². The minimum Gasteiger partial charge on any atom is -0.379 e. The summed E-state index contributed by atoms with van der Waals surface area (Å²) in [5.74, 6) is 1.67. The van der Waals surface area contributed by atoms with Gasteiger partial charge in [-0.05, 0) is 50.1 Å². The molecule has 1 aromatic carbocycles. The third kappa shape index (κ3) is 3.01. The van der Waals surface area contributed by atoms with E-state index >= 15 is 0 Å². The van der Waals surface area contributed by atoms with Gasteiger partial charge in [0.15, 0.2) is 0 Å². The Hall–Kier alpha value is -1.30. The number of aromatic nitrogens is 1. The number of rotatable bonds is 2. The van der Waals surface area contributed by atoms with Crippen LogP contribution in [0.25, 0.3) is 10.9 Å². The molecule has 2 aliphatic rings. The zero-order valence-electron chi connectivity index (χ0n) is 14.7. The third-order valence-electron chi connectivity index (χ3n) is 5.28. The number of aryl methyl sites for hydroxylation is 1. The van der Waals surface area contributed by atoms with Crippen molar-refractivity contribution in [2.75, 3.05) is 51.1 Å². The van der Waals surface area contributed by atoms with Crippen LogP contribution in [-0.4, -0.2) is 62.1 Å². The first-order valence-electron chi connectivity index (χ1n) is 8.62. The molecule has 2 bridgehead atoms. The molecule has 24 heavy (non-hydrogen) atoms. The molecule has 2 fully saturated rings. The number of benzene rings is 1. The minimum atomic E-state index is 0.453. The summed E-state index contributed by atoms with van der Waals surface area (Å²) in [6.45, 7) is 7.03. The normalized spacial score (nSPS) is 25.0. The van der Waals surface area contributed by atoms with Crippen LogP contribution in [0.1, 0.15) is 5.56 Å². The second-order valence-electron chi connectivity index (χ2n) is 7.08. The van der Waals surface area contributed by atoms with Crippen molar-refractivity contribution in [3.63, 3.8) is 0 Å². The van der Waals surface area contributed by atoms with Gasteiger partial charge in [0.2, 0.25) is 0 Å². The lowest BCUT2D eigenvalue weighted by molar-refractivity contribution is 0.0930. The van der Waals surface area contributed by atoms with Crippen molar-refractivity contribution >= 4 is 28.5 Å². The summed E-state index contributed by atoms with van der Waals surface area (Å²) >= 11 is 1.78. The maximum atomic E-state index is 5.84. The number of pyridine rings is 1. The summed E-state index contributed by atoms with van der Waals surface area (Å²) in [5.41, 5.74) is 2.41. The van der Waals surface area contributed by atoms with Gasteiger partial charge in [-0.3, -0.25) is 4.90 Å². The molecule has 0 radical (unpaired) electrons. The number of anilines is 1. The Morgan fingerprint density at radius 3 is 2.88 bits per heavy atom. The lowest BCUT2D eigenvalue weighted by Gasteiger charge is -2.31. The summed E-state index contributed by atoms with van der Waals surface area (Å²) in [6.07, 6.45) is 2.12. The van der Waals surface area contributed by atoms with Crippen LogP contribution in [0.5, 0.6) is 0 Å². The van der Waals surface area contributed by atoms with Gasteiger partial charge in [0.05, 0.1) is 24.8 Å². The standard InChI is InChI=1S/C19H25N3OS/c1-13-6-19(20-18-5-4-16(24-3)7-17(13)18)22-9-14-8-21(2)15(10-22)12-23-11-14/h4-7,14-15H,8-12H2,1-3H3/t14-,15+/m1/s1. The zero-order valence-corrected chi connectivity index (χ0v) is 15.5. The van der Waals surface area contributed by atoms with Gasteiger partial charge in [0.1, 0.15) is 5.82 Å². The first-order valence-corrected chi connectivity index (χ1v) is 9.85. The Kier molecular flexibility index (Phi) is 4.41. The minimum absolute atomic E-state index is 0.453. The Balaban J connectivity index is 1.71. The first kappa shape index (κ1) is 16.2. The number of nitrogens with zero attached hydrogens (tertiary/aromatic N) is 3. The fourth-order valence-electron chi connectivity index (χ4n) is 3.88. The predicted molar refractivity (Wildman–Crippen MR) is 101 cm³/mol. The Labute approximate surface area is 148 Å². The smallest absolute Gasteiger partial charge is 0.129 e. The fourth-order valence-corrected chi connectivity index (χ4v) is 4.32. The van der Waals surface area contributed by atoms with Crippen LogP contribution >= 0.6 is 11.8 Å². The van der Waals surface area contributed by atoms with Crippen LogP contribution in [0.2, 0.25) is 0 Å². The molecule has 0 unspecified atom stereocenters. The second-order valence-corrected chi connectivity index (χ2v) is 7.96. The summed E-state index contributed by atoms with van der Waals surface area (Å²) in [4.78, 5) is 11.2. The van der Waals surface area contributed by atoms with Crippen LogP contribution in [0.4, 0.5) is 5.82 Å². The van der Waals surface area contributed by atoms with Crippen LogP contribution < -0.4 is 4.90 Å². The van der Waals surface area contributed by atoms with Crippen molar-refractivity contribution in [1.29, 1.82) is 0 Å². The van der Waals surface area contributed by atoms with Gasteiger partial charge >= 0.3 is 0 Å². The highest BCUT2D eigenvalue weighted by molar-refractivity contribution is 7.98. The fraction of sp³-hybridized carbons (Fsp3) is 0.526. The number of fused-ring (bicyclic) bond motifs is 4. The third-order valence-corrected chi connectivity index (χ3v) is 6.00. The largest absolute Gasteiger partial charge is 0.379 e. The van der Waals surface area contributed by atoms with Gasteiger partial charge in [-0.25, -0.2) is 4.98 Å². The summed E-state index contributed by atoms with van der Waals surface area (Å²) in [5, 5.41) is 1.26. The van der Waals surface area contributed by atoms with E-state index in [9.17, 15) is 0 Å². The maximum Gasteiger partial charge on any atom is 0.129 e. The van der Waals surface area contributed by atoms with Crippen molar-refractivity contribution in [2.24, 2.45) is 5.92 Å². The van der Waals surface area contributed by atoms with Crippen LogP contribution in [0.3, 0.4) is 0 Å². The van der Waals surface area contributed by atoms with Crippen molar-refractivity contribution in [1.82, 2.24) is 9.88 Å². The monoisotopic (exact) mass is 343 g/mol. The number of hydrogen-bond acceptors (Lipinski definition) is 5. The summed E-state index contributed by atoms with van der Waals surface area (Å²) in [6, 6.07) is 9.29. The quantitative estimate of drug-likeness (QED) is 0.782. The summed E-state index contributed by atoms with van der Waals surface area (Å²) < 4.78 is 5.84. The second kappa shape index (κ2) is 6.54. The highest BCUT2D eigenvalue weighted by atomic mass is 32.2. The van der Waals surface area contributed by atoms with Gasteiger partial charge in [0.25, 0.3) is 0 Å². The molecule has 0 N–H and O–H groups in total. The van der Waals surface area contributed by atoms with E-state index in [1.807, 2.05) is 0 Å². The topological polar surface area (TPSA) is 28.6 Å². The van der Waals surface area contributed by atoms with Crippen LogP contribution in [0, 0.1) is 12.8 Å². The molecule has 4 rings (SSSR count). The molecular weight excluding hydrogens is 318 g/mol. The Morgan fingerprint density at radius 2 is 2.04 bits per heavy atom. The lowest BCUT2D eigenvalue weighted by Crippen LogP contribution is -2.42. The van der Waals surface area contributed by atoms with E-state index in [1.165, 1.54) is 15.8 Å². The van der Waals surface area contributed by atoms with E-state index < -0.39 is 0 Å². The predicted octanol–water partition coefficient (Wildman–Crippen LogP) is 3.03. The SMILES string of the molecule is CSc1ccc2nc(N3C[C@@H]4COC[C@H](C3)N(C)C4)cc(C)c2c1. The molecule has 0 aliphatic carbocycles. The molecule has 2 aliphatic heterocycles. The summed E-state index contributed by atoms with van der Waals surface area (Å²) in [7, 11) is 2.22. The number of ether oxygens (including phenoxy) is 1. The van der Waals surface area contributed by atoms with E-state index in [0.29, 0.717) is 12.0 Å². The zero-order chi connectivity index (χ0) is 16.7. The lowest BCUT2D eigenvalue weighted by atomic mass is 10.1. The average molecular weight is 343 g/mol. The molecule has 2 saturated heterocycles. The van der Waals surface area contributed by atoms with E-state index in [1.54, 1.807) is 11.8 Å². The highest BCUT2D eigenvalue weighted by Crippen LogP contribution is 2.28. The molecule has 0 amide bonds. The Bertz CT molecular complexity index is 751. The van der Waals surface area contributed by atoms with Crippen molar-refractivity contribution in [3.8, 4) is 0 Å². The molecule has 2 aromatic rings. The molecule has 0 saturated carbocycles. The van der Waals surface area contributed by atoms with Gasteiger partial charge < -0.3 is 9.64 Å². The van der Waals surface area contributed by atoms with E-state index in [-0.39, 0.29) is 0 Å². The van der Waals surface area contributed by atoms with Gasteiger partial charge in [-0.1, -0.05) is 0 Å². The number of likely N-dealkylation sites (N-methyl/N-ethyl adjacent to an activating group) is 1.